The third kappa shape index (κ3) is 3.93. The van der Waals surface area contributed by atoms with Gasteiger partial charge in [-0.3, -0.25) is 4.79 Å². The van der Waals surface area contributed by atoms with E-state index in [2.05, 4.69) is 10.2 Å². The van der Waals surface area contributed by atoms with Crippen molar-refractivity contribution in [2.24, 2.45) is 0 Å². The molecule has 0 aliphatic carbocycles. The van der Waals surface area contributed by atoms with Gasteiger partial charge in [-0.1, -0.05) is 36.4 Å². The fraction of sp³-hybridized carbons (Fsp3) is 0.227. The number of thiophene rings is 1. The minimum atomic E-state index is -0.429. The molecule has 0 unspecified atom stereocenters. The molecule has 2 heterocycles. The number of halogens is 1. The molecule has 1 N–H and O–H groups in total. The van der Waals surface area contributed by atoms with Crippen molar-refractivity contribution in [2.75, 3.05) is 36.5 Å². The maximum Gasteiger partial charge on any atom is 0.265 e. The highest BCUT2D eigenvalue weighted by molar-refractivity contribution is 7.18. The zero-order valence-electron chi connectivity index (χ0n) is 15.6. The summed E-state index contributed by atoms with van der Waals surface area (Å²) < 4.78 is 19.6. The summed E-state index contributed by atoms with van der Waals surface area (Å²) in [7, 11) is 0. The molecule has 0 spiro atoms. The predicted molar refractivity (Wildman–Crippen MR) is 112 cm³/mol. The maximum atomic E-state index is 14.1. The monoisotopic (exact) mass is 396 g/mol. The summed E-state index contributed by atoms with van der Waals surface area (Å²) in [5.74, 6) is -0.731. The average Bonchev–Trinajstić information content (AvgIpc) is 3.17. The molecule has 1 aromatic heterocycles. The number of hydrogen-bond donors (Lipinski definition) is 1. The van der Waals surface area contributed by atoms with Crippen molar-refractivity contribution in [1.29, 1.82) is 0 Å². The van der Waals surface area contributed by atoms with Gasteiger partial charge in [0.15, 0.2) is 0 Å². The van der Waals surface area contributed by atoms with Crippen molar-refractivity contribution >= 4 is 27.9 Å². The quantitative estimate of drug-likeness (QED) is 0.678. The summed E-state index contributed by atoms with van der Waals surface area (Å²) in [6.45, 7) is 4.72. The molecular formula is C22H21FN2O2S. The van der Waals surface area contributed by atoms with E-state index in [4.69, 9.17) is 4.74 Å². The van der Waals surface area contributed by atoms with Crippen LogP contribution in [0.5, 0.6) is 0 Å². The first-order chi connectivity index (χ1) is 13.6. The average molecular weight is 396 g/mol. The first-order valence-electron chi connectivity index (χ1n) is 9.21. The third-order valence-electron chi connectivity index (χ3n) is 4.69. The van der Waals surface area contributed by atoms with E-state index < -0.39 is 5.82 Å². The Morgan fingerprint density at radius 1 is 1.11 bits per heavy atom. The molecule has 3 aromatic rings. The zero-order chi connectivity index (χ0) is 19.5. The number of anilines is 2. The van der Waals surface area contributed by atoms with E-state index in [1.807, 2.05) is 43.3 Å². The minimum absolute atomic E-state index is 0.193. The normalized spacial score (nSPS) is 14.1. The van der Waals surface area contributed by atoms with Gasteiger partial charge in [0.1, 0.15) is 5.82 Å². The minimum Gasteiger partial charge on any atom is -0.378 e. The van der Waals surface area contributed by atoms with Crippen molar-refractivity contribution in [1.82, 2.24) is 0 Å². The van der Waals surface area contributed by atoms with Gasteiger partial charge in [-0.05, 0) is 36.2 Å². The lowest BCUT2D eigenvalue weighted by Crippen LogP contribution is -2.35. The van der Waals surface area contributed by atoms with E-state index in [9.17, 15) is 9.18 Å². The Labute approximate surface area is 167 Å². The molecule has 0 bridgehead atoms. The molecule has 0 atom stereocenters. The Bertz CT molecular complexity index is 981. The van der Waals surface area contributed by atoms with E-state index in [-0.39, 0.29) is 11.6 Å². The fourth-order valence-corrected chi connectivity index (χ4v) is 4.35. The van der Waals surface area contributed by atoms with Crippen LogP contribution in [0.3, 0.4) is 0 Å². The smallest absolute Gasteiger partial charge is 0.265 e. The van der Waals surface area contributed by atoms with Crippen LogP contribution < -0.4 is 10.2 Å². The van der Waals surface area contributed by atoms with Crippen molar-refractivity contribution in [3.63, 3.8) is 0 Å². The Balaban J connectivity index is 1.67. The van der Waals surface area contributed by atoms with Crippen LogP contribution in [0.25, 0.3) is 11.1 Å². The summed E-state index contributed by atoms with van der Waals surface area (Å²) >= 11 is 1.43. The molecule has 1 amide bonds. The van der Waals surface area contributed by atoms with Gasteiger partial charge in [0.05, 0.1) is 28.8 Å². The number of morpholine rings is 1. The molecule has 144 valence electrons. The van der Waals surface area contributed by atoms with Crippen LogP contribution in [0.4, 0.5) is 15.1 Å². The SMILES string of the molecule is Cc1ccc(NC(=O)c2cc(-c3ccccc3)c(N3CCOCC3)s2)c(F)c1. The number of benzene rings is 2. The van der Waals surface area contributed by atoms with E-state index >= 15 is 0 Å². The van der Waals surface area contributed by atoms with Crippen LogP contribution in [-0.2, 0) is 4.74 Å². The highest BCUT2D eigenvalue weighted by atomic mass is 32.1. The zero-order valence-corrected chi connectivity index (χ0v) is 16.4. The van der Waals surface area contributed by atoms with E-state index in [0.717, 1.165) is 34.8 Å². The summed E-state index contributed by atoms with van der Waals surface area (Å²) in [6, 6.07) is 16.7. The van der Waals surface area contributed by atoms with Crippen LogP contribution in [-0.4, -0.2) is 32.2 Å². The molecule has 4 nitrogen and oxygen atoms in total. The Morgan fingerprint density at radius 3 is 2.57 bits per heavy atom. The molecule has 1 aliphatic rings. The molecule has 28 heavy (non-hydrogen) atoms. The number of nitrogens with zero attached hydrogens (tertiary/aromatic N) is 1. The molecule has 1 aliphatic heterocycles. The van der Waals surface area contributed by atoms with Crippen LogP contribution in [0, 0.1) is 12.7 Å². The highest BCUT2D eigenvalue weighted by Crippen LogP contribution is 2.39. The maximum absolute atomic E-state index is 14.1. The van der Waals surface area contributed by atoms with Crippen LogP contribution in [0.1, 0.15) is 15.2 Å². The summed E-state index contributed by atoms with van der Waals surface area (Å²) in [5.41, 5.74) is 3.08. The van der Waals surface area contributed by atoms with Gasteiger partial charge in [0.25, 0.3) is 5.91 Å². The molecule has 6 heteroatoms. The first kappa shape index (κ1) is 18.7. The molecule has 1 fully saturated rings. The summed E-state index contributed by atoms with van der Waals surface area (Å²) in [4.78, 5) is 15.6. The van der Waals surface area contributed by atoms with Crippen molar-refractivity contribution < 1.29 is 13.9 Å². The Kier molecular flexibility index (Phi) is 5.41. The van der Waals surface area contributed by atoms with Gasteiger partial charge < -0.3 is 15.0 Å². The predicted octanol–water partition coefficient (Wildman–Crippen LogP) is 4.95. The topological polar surface area (TPSA) is 41.6 Å². The lowest BCUT2D eigenvalue weighted by atomic mass is 10.1. The van der Waals surface area contributed by atoms with Gasteiger partial charge in [0, 0.05) is 18.7 Å². The van der Waals surface area contributed by atoms with Crippen LogP contribution in [0.2, 0.25) is 0 Å². The number of rotatable bonds is 4. The van der Waals surface area contributed by atoms with Crippen molar-refractivity contribution in [3.8, 4) is 11.1 Å². The highest BCUT2D eigenvalue weighted by Gasteiger charge is 2.22. The molecule has 0 radical (unpaired) electrons. The molecule has 1 saturated heterocycles. The second-order valence-electron chi connectivity index (χ2n) is 6.73. The number of ether oxygens (including phenoxy) is 1. The molecule has 0 saturated carbocycles. The second kappa shape index (κ2) is 8.12. The lowest BCUT2D eigenvalue weighted by molar-refractivity contribution is 0.103. The Hall–Kier alpha value is -2.70. The number of carbonyl (C=O) groups excluding carboxylic acids is 1. The van der Waals surface area contributed by atoms with Gasteiger partial charge in [-0.25, -0.2) is 4.39 Å². The molecule has 2 aromatic carbocycles. The standard InChI is InChI=1S/C22H21FN2O2S/c1-15-7-8-19(18(23)13-15)24-21(26)20-14-17(16-5-3-2-4-6-16)22(28-20)25-9-11-27-12-10-25/h2-8,13-14H,9-12H2,1H3,(H,24,26). The van der Waals surface area contributed by atoms with Gasteiger partial charge >= 0.3 is 0 Å². The largest absolute Gasteiger partial charge is 0.378 e. The number of amides is 1. The van der Waals surface area contributed by atoms with E-state index in [1.165, 1.54) is 17.4 Å². The summed E-state index contributed by atoms with van der Waals surface area (Å²) in [6.07, 6.45) is 0. The lowest BCUT2D eigenvalue weighted by Gasteiger charge is -2.28. The molecular weight excluding hydrogens is 375 g/mol. The van der Waals surface area contributed by atoms with Gasteiger partial charge in [-0.15, -0.1) is 11.3 Å². The van der Waals surface area contributed by atoms with Gasteiger partial charge in [0.2, 0.25) is 0 Å². The van der Waals surface area contributed by atoms with Crippen molar-refractivity contribution in [3.05, 3.63) is 70.9 Å². The number of nitrogens with one attached hydrogen (secondary N) is 1. The van der Waals surface area contributed by atoms with E-state index in [1.54, 1.807) is 12.1 Å². The second-order valence-corrected chi connectivity index (χ2v) is 7.76. The molecule has 4 rings (SSSR count). The fourth-order valence-electron chi connectivity index (χ4n) is 3.22. The third-order valence-corrected chi connectivity index (χ3v) is 5.89. The number of hydrogen-bond acceptors (Lipinski definition) is 4. The summed E-state index contributed by atoms with van der Waals surface area (Å²) in [5, 5.41) is 3.75. The first-order valence-corrected chi connectivity index (χ1v) is 10.0. The number of carbonyl (C=O) groups is 1. The Morgan fingerprint density at radius 2 is 1.86 bits per heavy atom. The van der Waals surface area contributed by atoms with Crippen molar-refractivity contribution in [2.45, 2.75) is 6.92 Å². The number of aryl methyl sites for hydroxylation is 1. The van der Waals surface area contributed by atoms with Gasteiger partial charge in [-0.2, -0.15) is 0 Å². The van der Waals surface area contributed by atoms with E-state index in [0.29, 0.717) is 18.1 Å². The van der Waals surface area contributed by atoms with Crippen LogP contribution >= 0.6 is 11.3 Å². The van der Waals surface area contributed by atoms with Crippen LogP contribution in [0.15, 0.2) is 54.6 Å².